The van der Waals surface area contributed by atoms with Crippen LogP contribution in [0.3, 0.4) is 0 Å². The predicted molar refractivity (Wildman–Crippen MR) is 118 cm³/mol. The fourth-order valence-electron chi connectivity index (χ4n) is 3.55. The van der Waals surface area contributed by atoms with Crippen LogP contribution in [0, 0.1) is 5.92 Å². The number of carbonyl (C=O) groups excluding carboxylic acids is 3. The Morgan fingerprint density at radius 2 is 2.00 bits per heavy atom. The predicted octanol–water partition coefficient (Wildman–Crippen LogP) is 4.84. The van der Waals surface area contributed by atoms with Gasteiger partial charge < -0.3 is 19.5 Å². The van der Waals surface area contributed by atoms with E-state index < -0.39 is 30.6 Å². The van der Waals surface area contributed by atoms with Gasteiger partial charge in [-0.05, 0) is 62.8 Å². The van der Waals surface area contributed by atoms with Gasteiger partial charge in [-0.2, -0.15) is 8.78 Å². The molecule has 1 amide bonds. The highest BCUT2D eigenvalue weighted by atomic mass is 32.1. The number of benzene rings is 1. The molecular formula is C23H25F2NO6S. The zero-order valence-corrected chi connectivity index (χ0v) is 19.3. The van der Waals surface area contributed by atoms with Gasteiger partial charge in [0, 0.05) is 4.88 Å². The monoisotopic (exact) mass is 481 g/mol. The molecule has 1 heterocycles. The first-order valence-electron chi connectivity index (χ1n) is 10.6. The largest absolute Gasteiger partial charge is 0.462 e. The van der Waals surface area contributed by atoms with Gasteiger partial charge in [-0.25, -0.2) is 9.59 Å². The van der Waals surface area contributed by atoms with Crippen molar-refractivity contribution in [2.24, 2.45) is 5.92 Å². The van der Waals surface area contributed by atoms with Crippen molar-refractivity contribution in [3.8, 4) is 5.75 Å². The Bertz CT molecular complexity index is 1040. The summed E-state index contributed by atoms with van der Waals surface area (Å²) >= 11 is 1.33. The number of esters is 2. The summed E-state index contributed by atoms with van der Waals surface area (Å²) in [6, 6.07) is 5.10. The van der Waals surface area contributed by atoms with E-state index >= 15 is 0 Å². The summed E-state index contributed by atoms with van der Waals surface area (Å²) in [6.07, 6.45) is 1.26. The topological polar surface area (TPSA) is 90.9 Å². The molecule has 0 aliphatic heterocycles. The van der Waals surface area contributed by atoms with E-state index in [-0.39, 0.29) is 17.9 Å². The molecule has 2 atom stereocenters. The Morgan fingerprint density at radius 3 is 2.70 bits per heavy atom. The number of halogens is 2. The summed E-state index contributed by atoms with van der Waals surface area (Å²) in [7, 11) is 0. The van der Waals surface area contributed by atoms with Crippen LogP contribution >= 0.6 is 11.3 Å². The number of hydrogen-bond donors (Lipinski definition) is 1. The Balaban J connectivity index is 1.73. The van der Waals surface area contributed by atoms with Crippen LogP contribution in [0.5, 0.6) is 5.75 Å². The Hall–Kier alpha value is -3.01. The molecule has 0 saturated heterocycles. The zero-order valence-electron chi connectivity index (χ0n) is 18.5. The minimum atomic E-state index is -3.03. The number of ether oxygens (including phenoxy) is 3. The molecule has 1 aromatic heterocycles. The lowest BCUT2D eigenvalue weighted by atomic mass is 9.88. The summed E-state index contributed by atoms with van der Waals surface area (Å²) in [4.78, 5) is 38.8. The van der Waals surface area contributed by atoms with Gasteiger partial charge in [-0.15, -0.1) is 11.3 Å². The van der Waals surface area contributed by atoms with Crippen molar-refractivity contribution in [2.75, 3.05) is 11.9 Å². The number of alkyl halides is 2. The number of hydrogen-bond acceptors (Lipinski definition) is 7. The van der Waals surface area contributed by atoms with Crippen LogP contribution < -0.4 is 10.1 Å². The molecule has 2 aromatic rings. The molecule has 178 valence electrons. The molecule has 33 heavy (non-hydrogen) atoms. The zero-order chi connectivity index (χ0) is 24.1. The number of anilines is 1. The lowest BCUT2D eigenvalue weighted by molar-refractivity contribution is -0.123. The number of rotatable bonds is 8. The fourth-order valence-corrected chi connectivity index (χ4v) is 4.95. The third-order valence-electron chi connectivity index (χ3n) is 5.18. The van der Waals surface area contributed by atoms with Crippen molar-refractivity contribution in [3.05, 3.63) is 45.8 Å². The van der Waals surface area contributed by atoms with Crippen molar-refractivity contribution in [3.63, 3.8) is 0 Å². The van der Waals surface area contributed by atoms with Crippen LogP contribution in [0.1, 0.15) is 58.3 Å². The maximum atomic E-state index is 12.7. The molecule has 3 rings (SSSR count). The number of nitrogens with one attached hydrogen (secondary N) is 1. The first-order valence-corrected chi connectivity index (χ1v) is 11.4. The van der Waals surface area contributed by atoms with Crippen molar-refractivity contribution in [2.45, 2.75) is 52.7 Å². The van der Waals surface area contributed by atoms with Gasteiger partial charge in [0.25, 0.3) is 5.91 Å². The van der Waals surface area contributed by atoms with Crippen LogP contribution in [-0.2, 0) is 27.1 Å². The third-order valence-corrected chi connectivity index (χ3v) is 6.35. The molecule has 0 bridgehead atoms. The molecule has 1 N–H and O–H groups in total. The van der Waals surface area contributed by atoms with E-state index in [4.69, 9.17) is 9.47 Å². The standard InChI is InChI=1S/C23H25F2NO6S/c1-4-30-22(29)18-16-9-8-12(2)10-17(16)33-20(18)26-19(27)13(3)31-21(28)14-6-5-7-15(11-14)32-23(24)25/h5-7,11-13,23H,4,8-10H2,1-3H3,(H,26,27)/t12-,13+/m1/s1. The second-order valence-electron chi connectivity index (χ2n) is 7.72. The average molecular weight is 482 g/mol. The van der Waals surface area contributed by atoms with Crippen LogP contribution in [0.25, 0.3) is 0 Å². The van der Waals surface area contributed by atoms with E-state index in [2.05, 4.69) is 17.0 Å². The smallest absolute Gasteiger partial charge is 0.387 e. The number of amides is 1. The molecule has 1 aliphatic rings. The average Bonchev–Trinajstić information content (AvgIpc) is 3.10. The quantitative estimate of drug-likeness (QED) is 0.543. The van der Waals surface area contributed by atoms with E-state index in [0.717, 1.165) is 35.8 Å². The van der Waals surface area contributed by atoms with Crippen molar-refractivity contribution in [1.82, 2.24) is 0 Å². The highest BCUT2D eigenvalue weighted by Gasteiger charge is 2.30. The second-order valence-corrected chi connectivity index (χ2v) is 8.82. The van der Waals surface area contributed by atoms with Gasteiger partial charge in [0.1, 0.15) is 10.8 Å². The lowest BCUT2D eigenvalue weighted by Gasteiger charge is -2.18. The second kappa shape index (κ2) is 10.7. The summed E-state index contributed by atoms with van der Waals surface area (Å²) in [5.41, 5.74) is 1.21. The van der Waals surface area contributed by atoms with Gasteiger partial charge >= 0.3 is 18.6 Å². The summed E-state index contributed by atoms with van der Waals surface area (Å²) in [6.45, 7) is 2.39. The van der Waals surface area contributed by atoms with Crippen LogP contribution in [0.4, 0.5) is 13.8 Å². The Kier molecular flexibility index (Phi) is 8.01. The lowest BCUT2D eigenvalue weighted by Crippen LogP contribution is -2.30. The van der Waals surface area contributed by atoms with Crippen molar-refractivity contribution in [1.29, 1.82) is 0 Å². The minimum Gasteiger partial charge on any atom is -0.462 e. The minimum absolute atomic E-state index is 0.0411. The molecule has 1 aliphatic carbocycles. The number of thiophene rings is 1. The first-order chi connectivity index (χ1) is 15.7. The van der Waals surface area contributed by atoms with Gasteiger partial charge in [-0.1, -0.05) is 13.0 Å². The van der Waals surface area contributed by atoms with Crippen LogP contribution in [0.15, 0.2) is 24.3 Å². The molecular weight excluding hydrogens is 456 g/mol. The molecule has 1 aromatic carbocycles. The van der Waals surface area contributed by atoms with Gasteiger partial charge in [-0.3, -0.25) is 4.79 Å². The molecule has 0 unspecified atom stereocenters. The molecule has 0 saturated carbocycles. The highest BCUT2D eigenvalue weighted by Crippen LogP contribution is 2.40. The Labute approximate surface area is 194 Å². The van der Waals surface area contributed by atoms with E-state index in [9.17, 15) is 23.2 Å². The van der Waals surface area contributed by atoms with Crippen molar-refractivity contribution < 1.29 is 37.4 Å². The highest BCUT2D eigenvalue weighted by molar-refractivity contribution is 7.17. The number of carbonyl (C=O) groups is 3. The Morgan fingerprint density at radius 1 is 1.24 bits per heavy atom. The van der Waals surface area contributed by atoms with Crippen molar-refractivity contribution >= 4 is 34.2 Å². The van der Waals surface area contributed by atoms with Crippen LogP contribution in [0.2, 0.25) is 0 Å². The van der Waals surface area contributed by atoms with Gasteiger partial charge in [0.05, 0.1) is 17.7 Å². The van der Waals surface area contributed by atoms with E-state index in [0.29, 0.717) is 16.5 Å². The van der Waals surface area contributed by atoms with E-state index in [1.54, 1.807) is 6.92 Å². The summed E-state index contributed by atoms with van der Waals surface area (Å²) < 4.78 is 39.5. The van der Waals surface area contributed by atoms with Gasteiger partial charge in [0.2, 0.25) is 0 Å². The maximum absolute atomic E-state index is 12.7. The van der Waals surface area contributed by atoms with E-state index in [1.165, 1.54) is 36.5 Å². The third kappa shape index (κ3) is 6.07. The van der Waals surface area contributed by atoms with Crippen LogP contribution in [-0.4, -0.2) is 37.2 Å². The van der Waals surface area contributed by atoms with E-state index in [1.807, 2.05) is 0 Å². The molecule has 0 spiro atoms. The summed E-state index contributed by atoms with van der Waals surface area (Å²) in [5.74, 6) is -1.73. The maximum Gasteiger partial charge on any atom is 0.387 e. The SMILES string of the molecule is CCOC(=O)c1c(NC(=O)[C@H](C)OC(=O)c2cccc(OC(F)F)c2)sc2c1CC[C@@H](C)C2. The number of fused-ring (bicyclic) bond motifs is 1. The first kappa shape index (κ1) is 24.6. The normalized spacial score (nSPS) is 16.0. The fraction of sp³-hybridized carbons (Fsp3) is 0.435. The molecule has 0 fully saturated rings. The molecule has 0 radical (unpaired) electrons. The van der Waals surface area contributed by atoms with Gasteiger partial charge in [0.15, 0.2) is 6.10 Å². The molecule has 10 heteroatoms. The summed E-state index contributed by atoms with van der Waals surface area (Å²) in [5, 5.41) is 3.06. The molecule has 7 nitrogen and oxygen atoms in total.